The summed E-state index contributed by atoms with van der Waals surface area (Å²) < 4.78 is 28.8. The third-order valence-corrected chi connectivity index (χ3v) is 8.01. The van der Waals surface area contributed by atoms with Gasteiger partial charge in [-0.15, -0.1) is 11.3 Å². The number of benzene rings is 1. The van der Waals surface area contributed by atoms with E-state index < -0.39 is 0 Å². The summed E-state index contributed by atoms with van der Waals surface area (Å²) in [4.78, 5) is 16.3. The maximum atomic E-state index is 12.8. The minimum atomic E-state index is -0.253. The van der Waals surface area contributed by atoms with Crippen molar-refractivity contribution < 1.29 is 28.5 Å². The number of ether oxygens (including phenoxy) is 5. The number of thiophene rings is 1. The molecule has 0 spiro atoms. The molecule has 3 aliphatic rings. The normalized spacial score (nSPS) is 23.0. The molecule has 1 aromatic heterocycles. The molecule has 1 fully saturated rings. The maximum Gasteiger partial charge on any atom is 0.354 e. The van der Waals surface area contributed by atoms with Gasteiger partial charge < -0.3 is 28.6 Å². The number of carbonyl (C=O) groups excluding carboxylic acids is 1. The van der Waals surface area contributed by atoms with Crippen molar-refractivity contribution in [3.8, 4) is 11.5 Å². The first-order valence-electron chi connectivity index (χ1n) is 13.0. The van der Waals surface area contributed by atoms with E-state index in [0.29, 0.717) is 25.5 Å². The van der Waals surface area contributed by atoms with Gasteiger partial charge in [-0.3, -0.25) is 0 Å². The van der Waals surface area contributed by atoms with Gasteiger partial charge in [0.15, 0.2) is 17.8 Å². The molecule has 0 aliphatic carbocycles. The summed E-state index contributed by atoms with van der Waals surface area (Å²) >= 11 is 1.72. The van der Waals surface area contributed by atoms with Crippen molar-refractivity contribution in [2.45, 2.75) is 57.3 Å². The lowest BCUT2D eigenvalue weighted by Gasteiger charge is -2.37. The van der Waals surface area contributed by atoms with Gasteiger partial charge in [0.05, 0.1) is 33.0 Å². The van der Waals surface area contributed by atoms with Crippen LogP contribution in [0.4, 0.5) is 0 Å². The second-order valence-corrected chi connectivity index (χ2v) is 10.3. The predicted octanol–water partition coefficient (Wildman–Crippen LogP) is 5.21. The SMILES string of the molecule is CCOC(=O)C1=CC(c2cccs2)C2c3cc(OCCCOC4CCCCO4)c(OC)cc3CCN12. The van der Waals surface area contributed by atoms with Gasteiger partial charge in [0.1, 0.15) is 5.70 Å². The number of hydrogen-bond acceptors (Lipinski definition) is 8. The Morgan fingerprint density at radius 2 is 2.14 bits per heavy atom. The molecule has 0 saturated carbocycles. The Bertz CT molecular complexity index is 1060. The molecule has 0 radical (unpaired) electrons. The van der Waals surface area contributed by atoms with Gasteiger partial charge in [-0.05, 0) is 73.4 Å². The summed E-state index contributed by atoms with van der Waals surface area (Å²) in [6, 6.07) is 8.43. The van der Waals surface area contributed by atoms with E-state index in [2.05, 4.69) is 40.6 Å². The van der Waals surface area contributed by atoms with Crippen LogP contribution in [-0.2, 0) is 25.4 Å². The van der Waals surface area contributed by atoms with E-state index in [4.69, 9.17) is 23.7 Å². The fraction of sp³-hybridized carbons (Fsp3) is 0.536. The second kappa shape index (κ2) is 11.7. The van der Waals surface area contributed by atoms with Gasteiger partial charge in [0.25, 0.3) is 0 Å². The molecule has 3 aliphatic heterocycles. The van der Waals surface area contributed by atoms with Crippen LogP contribution in [0.3, 0.4) is 0 Å². The number of rotatable bonds is 10. The quantitative estimate of drug-likeness (QED) is 0.319. The Balaban J connectivity index is 1.34. The van der Waals surface area contributed by atoms with E-state index in [1.807, 2.05) is 6.92 Å². The largest absolute Gasteiger partial charge is 0.493 e. The molecule has 36 heavy (non-hydrogen) atoms. The highest BCUT2D eigenvalue weighted by Crippen LogP contribution is 2.51. The first kappa shape index (κ1) is 25.1. The number of fused-ring (bicyclic) bond motifs is 3. The summed E-state index contributed by atoms with van der Waals surface area (Å²) in [5, 5.41) is 2.09. The Labute approximate surface area is 216 Å². The molecule has 3 unspecified atom stereocenters. The Morgan fingerprint density at radius 3 is 2.89 bits per heavy atom. The van der Waals surface area contributed by atoms with Crippen molar-refractivity contribution >= 4 is 17.3 Å². The first-order valence-corrected chi connectivity index (χ1v) is 13.8. The zero-order valence-corrected chi connectivity index (χ0v) is 21.9. The Hall–Kier alpha value is -2.55. The lowest BCUT2D eigenvalue weighted by Crippen LogP contribution is -2.35. The first-order chi connectivity index (χ1) is 17.7. The van der Waals surface area contributed by atoms with E-state index >= 15 is 0 Å². The topological polar surface area (TPSA) is 66.5 Å². The van der Waals surface area contributed by atoms with E-state index in [1.165, 1.54) is 16.0 Å². The number of carbonyl (C=O) groups is 1. The van der Waals surface area contributed by atoms with Crippen LogP contribution in [0.1, 0.15) is 60.6 Å². The van der Waals surface area contributed by atoms with Crippen molar-refractivity contribution in [1.82, 2.24) is 4.90 Å². The molecule has 194 valence electrons. The van der Waals surface area contributed by atoms with Crippen molar-refractivity contribution in [2.24, 2.45) is 0 Å². The van der Waals surface area contributed by atoms with Gasteiger partial charge >= 0.3 is 5.97 Å². The number of nitrogens with zero attached hydrogens (tertiary/aromatic N) is 1. The van der Waals surface area contributed by atoms with Gasteiger partial charge in [-0.2, -0.15) is 0 Å². The molecule has 7 nitrogen and oxygen atoms in total. The van der Waals surface area contributed by atoms with Crippen LogP contribution in [-0.4, -0.2) is 57.2 Å². The fourth-order valence-electron chi connectivity index (χ4n) is 5.35. The van der Waals surface area contributed by atoms with Crippen molar-refractivity contribution in [2.75, 3.05) is 40.1 Å². The van der Waals surface area contributed by atoms with Gasteiger partial charge in [0, 0.05) is 30.4 Å². The predicted molar refractivity (Wildman–Crippen MR) is 138 cm³/mol. The molecular weight excluding hydrogens is 478 g/mol. The molecule has 0 amide bonds. The van der Waals surface area contributed by atoms with Gasteiger partial charge in [-0.25, -0.2) is 4.79 Å². The van der Waals surface area contributed by atoms with Gasteiger partial charge in [-0.1, -0.05) is 6.07 Å². The third-order valence-electron chi connectivity index (χ3n) is 7.03. The fourth-order valence-corrected chi connectivity index (χ4v) is 6.18. The molecule has 3 atom stereocenters. The van der Waals surface area contributed by atoms with Crippen LogP contribution in [0.25, 0.3) is 0 Å². The monoisotopic (exact) mass is 513 g/mol. The van der Waals surface area contributed by atoms with E-state index in [0.717, 1.165) is 56.8 Å². The minimum absolute atomic E-state index is 0.0202. The van der Waals surface area contributed by atoms with Crippen LogP contribution in [0.2, 0.25) is 0 Å². The molecule has 1 aromatic carbocycles. The zero-order valence-electron chi connectivity index (χ0n) is 21.1. The molecular formula is C28H35NO6S. The third kappa shape index (κ3) is 5.26. The van der Waals surface area contributed by atoms with Crippen molar-refractivity contribution in [1.29, 1.82) is 0 Å². The molecule has 0 N–H and O–H groups in total. The van der Waals surface area contributed by atoms with Gasteiger partial charge in [0.2, 0.25) is 0 Å². The molecule has 1 saturated heterocycles. The van der Waals surface area contributed by atoms with Crippen LogP contribution in [0, 0.1) is 0 Å². The Kier molecular flexibility index (Phi) is 8.14. The van der Waals surface area contributed by atoms with E-state index in [-0.39, 0.29) is 24.2 Å². The average Bonchev–Trinajstić information content (AvgIpc) is 3.57. The van der Waals surface area contributed by atoms with Crippen LogP contribution >= 0.6 is 11.3 Å². The number of hydrogen-bond donors (Lipinski definition) is 0. The smallest absolute Gasteiger partial charge is 0.354 e. The average molecular weight is 514 g/mol. The Morgan fingerprint density at radius 1 is 1.22 bits per heavy atom. The van der Waals surface area contributed by atoms with Crippen LogP contribution < -0.4 is 9.47 Å². The van der Waals surface area contributed by atoms with Crippen molar-refractivity contribution in [3.63, 3.8) is 0 Å². The summed E-state index contributed by atoms with van der Waals surface area (Å²) in [5.41, 5.74) is 3.07. The second-order valence-electron chi connectivity index (χ2n) is 9.27. The van der Waals surface area contributed by atoms with E-state index in [9.17, 15) is 4.79 Å². The summed E-state index contributed by atoms with van der Waals surface area (Å²) in [5.74, 6) is 1.29. The molecule has 0 bridgehead atoms. The molecule has 5 rings (SSSR count). The summed E-state index contributed by atoms with van der Waals surface area (Å²) in [6.45, 7) is 4.87. The number of esters is 1. The van der Waals surface area contributed by atoms with Crippen LogP contribution in [0.15, 0.2) is 41.4 Å². The number of methoxy groups -OCH3 is 1. The molecule has 2 aromatic rings. The van der Waals surface area contributed by atoms with Crippen LogP contribution in [0.5, 0.6) is 11.5 Å². The summed E-state index contributed by atoms with van der Waals surface area (Å²) in [7, 11) is 1.68. The van der Waals surface area contributed by atoms with Crippen molar-refractivity contribution in [3.05, 3.63) is 57.4 Å². The lowest BCUT2D eigenvalue weighted by molar-refractivity contribution is -0.163. The maximum absolute atomic E-state index is 12.8. The molecule has 4 heterocycles. The highest BCUT2D eigenvalue weighted by molar-refractivity contribution is 7.10. The highest BCUT2D eigenvalue weighted by atomic mass is 32.1. The zero-order chi connectivity index (χ0) is 24.9. The highest BCUT2D eigenvalue weighted by Gasteiger charge is 2.43. The molecule has 8 heteroatoms. The standard InChI is InChI=1S/C28H35NO6S/c1-3-32-28(30)22-17-21(25-8-6-15-36-25)27-20-18-24(23(31-2)16-19(20)10-11-29(22)27)33-13-7-14-35-26-9-4-5-12-34-26/h6,8,15-18,21,26-27H,3-5,7,9-14H2,1-2H3. The summed E-state index contributed by atoms with van der Waals surface area (Å²) in [6.07, 6.45) is 6.83. The minimum Gasteiger partial charge on any atom is -0.493 e. The van der Waals surface area contributed by atoms with E-state index in [1.54, 1.807) is 18.4 Å². The lowest BCUT2D eigenvalue weighted by atomic mass is 9.86.